The first kappa shape index (κ1) is 14.7. The van der Waals surface area contributed by atoms with Gasteiger partial charge in [-0.1, -0.05) is 17.8 Å². The minimum Gasteiger partial charge on any atom is -0.478 e. The summed E-state index contributed by atoms with van der Waals surface area (Å²) in [6.07, 6.45) is 2.36. The molecule has 0 unspecified atom stereocenters. The third-order valence-electron chi connectivity index (χ3n) is 2.27. The topological polar surface area (TPSA) is 63.1 Å². The van der Waals surface area contributed by atoms with Crippen molar-refractivity contribution in [3.05, 3.63) is 47.0 Å². The predicted octanol–water partition coefficient (Wildman–Crippen LogP) is 3.38. The van der Waals surface area contributed by atoms with E-state index in [2.05, 4.69) is 9.36 Å². The van der Waals surface area contributed by atoms with Gasteiger partial charge >= 0.3 is 5.97 Å². The smallest absolute Gasteiger partial charge is 0.328 e. The normalized spacial score (nSPS) is 11.1. The van der Waals surface area contributed by atoms with E-state index >= 15 is 0 Å². The van der Waals surface area contributed by atoms with Crippen molar-refractivity contribution in [3.63, 3.8) is 0 Å². The molecule has 0 saturated carbocycles. The van der Waals surface area contributed by atoms with Crippen LogP contribution in [0.4, 0.5) is 4.39 Å². The largest absolute Gasteiger partial charge is 0.478 e. The Morgan fingerprint density at radius 3 is 2.95 bits per heavy atom. The van der Waals surface area contributed by atoms with Crippen LogP contribution in [0.25, 0.3) is 6.08 Å². The van der Waals surface area contributed by atoms with Crippen molar-refractivity contribution in [1.82, 2.24) is 9.36 Å². The number of nitrogens with zero attached hydrogens (tertiary/aromatic N) is 2. The van der Waals surface area contributed by atoms with Crippen LogP contribution in [0.2, 0.25) is 0 Å². The number of halogens is 1. The van der Waals surface area contributed by atoms with Crippen LogP contribution < -0.4 is 0 Å². The van der Waals surface area contributed by atoms with E-state index < -0.39 is 5.97 Å². The first-order valence-corrected chi connectivity index (χ1v) is 7.42. The van der Waals surface area contributed by atoms with Gasteiger partial charge in [-0.05, 0) is 47.8 Å². The number of aromatic nitrogens is 2. The summed E-state index contributed by atoms with van der Waals surface area (Å²) < 4.78 is 18.4. The maximum absolute atomic E-state index is 13.5. The highest BCUT2D eigenvalue weighted by atomic mass is 32.2. The maximum Gasteiger partial charge on any atom is 0.328 e. The Balaban J connectivity index is 2.09. The first-order valence-electron chi connectivity index (χ1n) is 5.66. The van der Waals surface area contributed by atoms with E-state index in [9.17, 15) is 9.18 Å². The molecule has 0 bridgehead atoms. The van der Waals surface area contributed by atoms with Gasteiger partial charge in [0.15, 0.2) is 4.34 Å². The molecule has 7 heteroatoms. The zero-order chi connectivity index (χ0) is 14.5. The van der Waals surface area contributed by atoms with E-state index in [-0.39, 0.29) is 5.82 Å². The van der Waals surface area contributed by atoms with E-state index in [1.54, 1.807) is 6.07 Å². The summed E-state index contributed by atoms with van der Waals surface area (Å²) >= 11 is 2.78. The fraction of sp³-hybridized carbons (Fsp3) is 0.154. The highest BCUT2D eigenvalue weighted by Gasteiger charge is 2.04. The number of carbonyl (C=O) groups is 1. The van der Waals surface area contributed by atoms with Gasteiger partial charge in [-0.25, -0.2) is 14.2 Å². The molecule has 2 rings (SSSR count). The molecular weight excluding hydrogens is 299 g/mol. The highest BCUT2D eigenvalue weighted by Crippen LogP contribution is 2.25. The van der Waals surface area contributed by atoms with E-state index in [1.165, 1.54) is 41.5 Å². The monoisotopic (exact) mass is 310 g/mol. The fourth-order valence-electron chi connectivity index (χ4n) is 1.50. The number of hydrogen-bond acceptors (Lipinski definition) is 5. The van der Waals surface area contributed by atoms with Gasteiger partial charge in [0.1, 0.15) is 11.6 Å². The second-order valence-electron chi connectivity index (χ2n) is 3.96. The third kappa shape index (κ3) is 4.43. The van der Waals surface area contributed by atoms with Gasteiger partial charge in [0, 0.05) is 11.8 Å². The lowest BCUT2D eigenvalue weighted by Gasteiger charge is -2.02. The molecule has 0 aliphatic rings. The molecule has 0 radical (unpaired) electrons. The summed E-state index contributed by atoms with van der Waals surface area (Å²) in [5.74, 6) is -0.168. The summed E-state index contributed by atoms with van der Waals surface area (Å²) in [4.78, 5) is 14.7. The third-order valence-corrected chi connectivity index (χ3v) is 4.27. The van der Waals surface area contributed by atoms with Gasteiger partial charge in [-0.15, -0.1) is 0 Å². The average Bonchev–Trinajstić information content (AvgIpc) is 2.79. The van der Waals surface area contributed by atoms with Crippen molar-refractivity contribution in [2.24, 2.45) is 0 Å². The summed E-state index contributed by atoms with van der Waals surface area (Å²) in [5.41, 5.74) is 1.30. The lowest BCUT2D eigenvalue weighted by Crippen LogP contribution is -1.89. The highest BCUT2D eigenvalue weighted by molar-refractivity contribution is 8.00. The SMILES string of the molecule is Cc1nsc(SCc2cc(F)cc(/C=C/C(=O)O)c2)n1. The molecule has 1 aromatic carbocycles. The van der Waals surface area contributed by atoms with E-state index in [0.29, 0.717) is 11.3 Å². The summed E-state index contributed by atoms with van der Waals surface area (Å²) in [6, 6.07) is 4.48. The molecule has 0 amide bonds. The fourth-order valence-corrected chi connectivity index (χ4v) is 3.08. The average molecular weight is 310 g/mol. The minimum absolute atomic E-state index is 0.387. The second kappa shape index (κ2) is 6.62. The Morgan fingerprint density at radius 1 is 1.50 bits per heavy atom. The van der Waals surface area contributed by atoms with Crippen molar-refractivity contribution in [3.8, 4) is 0 Å². The number of thioether (sulfide) groups is 1. The lowest BCUT2D eigenvalue weighted by molar-refractivity contribution is -0.131. The zero-order valence-electron chi connectivity index (χ0n) is 10.5. The molecule has 20 heavy (non-hydrogen) atoms. The number of aryl methyl sites for hydroxylation is 1. The molecule has 1 heterocycles. The van der Waals surface area contributed by atoms with Crippen LogP contribution in [0.15, 0.2) is 28.6 Å². The Morgan fingerprint density at radius 2 is 2.30 bits per heavy atom. The van der Waals surface area contributed by atoms with Gasteiger partial charge in [-0.2, -0.15) is 4.37 Å². The summed E-state index contributed by atoms with van der Waals surface area (Å²) in [7, 11) is 0. The summed E-state index contributed by atoms with van der Waals surface area (Å²) in [6.45, 7) is 1.82. The van der Waals surface area contributed by atoms with Gasteiger partial charge in [0.25, 0.3) is 0 Å². The molecule has 0 spiro atoms. The Bertz CT molecular complexity index is 656. The molecule has 104 valence electrons. The number of aliphatic carboxylic acids is 1. The van der Waals surface area contributed by atoms with Gasteiger partial charge < -0.3 is 5.11 Å². The van der Waals surface area contributed by atoms with Crippen LogP contribution in [0.1, 0.15) is 17.0 Å². The molecular formula is C13H11FN2O2S2. The molecule has 1 N–H and O–H groups in total. The quantitative estimate of drug-likeness (QED) is 0.677. The Labute approximate surface area is 123 Å². The lowest BCUT2D eigenvalue weighted by atomic mass is 10.1. The van der Waals surface area contributed by atoms with Crippen LogP contribution in [0.5, 0.6) is 0 Å². The number of carboxylic acid groups (broad SMARTS) is 1. The minimum atomic E-state index is -1.06. The summed E-state index contributed by atoms with van der Waals surface area (Å²) in [5, 5.41) is 8.57. The van der Waals surface area contributed by atoms with Crippen molar-refractivity contribution in [2.75, 3.05) is 0 Å². The zero-order valence-corrected chi connectivity index (χ0v) is 12.2. The number of carboxylic acids is 1. The van der Waals surface area contributed by atoms with Crippen LogP contribution in [-0.2, 0) is 10.5 Å². The Kier molecular flexibility index (Phi) is 4.86. The van der Waals surface area contributed by atoms with Crippen LogP contribution in [0.3, 0.4) is 0 Å². The molecule has 0 saturated heterocycles. The molecule has 0 aliphatic carbocycles. The maximum atomic E-state index is 13.5. The van der Waals surface area contributed by atoms with Crippen molar-refractivity contribution in [1.29, 1.82) is 0 Å². The number of hydrogen-bond donors (Lipinski definition) is 1. The number of benzene rings is 1. The van der Waals surface area contributed by atoms with E-state index in [4.69, 9.17) is 5.11 Å². The van der Waals surface area contributed by atoms with Crippen LogP contribution >= 0.6 is 23.3 Å². The van der Waals surface area contributed by atoms with Crippen LogP contribution in [0, 0.1) is 12.7 Å². The Hall–Kier alpha value is -1.73. The molecule has 4 nitrogen and oxygen atoms in total. The first-order chi connectivity index (χ1) is 9.52. The molecule has 0 fully saturated rings. The molecule has 0 atom stereocenters. The van der Waals surface area contributed by atoms with Crippen molar-refractivity contribution < 1.29 is 14.3 Å². The number of rotatable bonds is 5. The molecule has 1 aromatic heterocycles. The van der Waals surface area contributed by atoms with Crippen molar-refractivity contribution >= 4 is 35.3 Å². The predicted molar refractivity (Wildman–Crippen MR) is 77.3 cm³/mol. The van der Waals surface area contributed by atoms with E-state index in [1.807, 2.05) is 6.92 Å². The molecule has 0 aliphatic heterocycles. The van der Waals surface area contributed by atoms with Crippen molar-refractivity contribution in [2.45, 2.75) is 17.0 Å². The van der Waals surface area contributed by atoms with E-state index in [0.717, 1.165) is 21.8 Å². The second-order valence-corrected chi connectivity index (χ2v) is 5.93. The van der Waals surface area contributed by atoms with Gasteiger partial charge in [-0.3, -0.25) is 0 Å². The van der Waals surface area contributed by atoms with Crippen LogP contribution in [-0.4, -0.2) is 20.4 Å². The van der Waals surface area contributed by atoms with Gasteiger partial charge in [0.05, 0.1) is 0 Å². The standard InChI is InChI=1S/C13H11FN2O2S2/c1-8-15-13(20-16-8)19-7-10-4-9(2-3-12(17)18)5-11(14)6-10/h2-6H,7H2,1H3,(H,17,18)/b3-2+. The van der Waals surface area contributed by atoms with Gasteiger partial charge in [0.2, 0.25) is 0 Å². The molecule has 2 aromatic rings.